The molecule has 0 radical (unpaired) electrons. The Morgan fingerprint density at radius 3 is 1.86 bits per heavy atom. The lowest BCUT2D eigenvalue weighted by molar-refractivity contribution is -0.150. The van der Waals surface area contributed by atoms with Crippen LogP contribution >= 0.6 is 12.6 Å². The minimum absolute atomic E-state index is 0.0120. The van der Waals surface area contributed by atoms with E-state index in [9.17, 15) is 9.59 Å². The second-order valence-corrected chi connectivity index (χ2v) is 12.3. The van der Waals surface area contributed by atoms with E-state index in [0.717, 1.165) is 10.4 Å². The molecule has 7 heteroatoms. The number of benzene rings is 2. The van der Waals surface area contributed by atoms with E-state index in [1.54, 1.807) is 0 Å². The predicted octanol–water partition coefficient (Wildman–Crippen LogP) is 2.93. The van der Waals surface area contributed by atoms with Crippen molar-refractivity contribution in [3.63, 3.8) is 0 Å². The highest BCUT2D eigenvalue weighted by atomic mass is 32.1. The van der Waals surface area contributed by atoms with E-state index in [1.165, 1.54) is 7.11 Å². The van der Waals surface area contributed by atoms with E-state index in [0.29, 0.717) is 0 Å². The SMILES string of the molecule is COC(=O)CCOC(=O)C(S)O[Si](c1ccccc1)(c1ccccc1)C(C)(C)C. The summed E-state index contributed by atoms with van der Waals surface area (Å²) in [6.45, 7) is 6.26. The lowest BCUT2D eigenvalue weighted by Crippen LogP contribution is -2.67. The molecule has 1 unspecified atom stereocenters. The quantitative estimate of drug-likeness (QED) is 0.301. The summed E-state index contributed by atoms with van der Waals surface area (Å²) in [5, 5.41) is 1.79. The van der Waals surface area contributed by atoms with E-state index in [2.05, 4.69) is 38.1 Å². The Labute approximate surface area is 178 Å². The summed E-state index contributed by atoms with van der Waals surface area (Å²) >= 11 is 4.42. The van der Waals surface area contributed by atoms with Crippen molar-refractivity contribution in [1.82, 2.24) is 0 Å². The number of methoxy groups -OCH3 is 1. The van der Waals surface area contributed by atoms with Gasteiger partial charge in [0.2, 0.25) is 0 Å². The van der Waals surface area contributed by atoms with Crippen molar-refractivity contribution in [2.24, 2.45) is 0 Å². The van der Waals surface area contributed by atoms with Crippen molar-refractivity contribution < 1.29 is 23.5 Å². The van der Waals surface area contributed by atoms with Gasteiger partial charge in [-0.1, -0.05) is 81.4 Å². The number of carbonyl (C=O) groups is 2. The highest BCUT2D eigenvalue weighted by Gasteiger charge is 2.52. The molecular weight excluding hydrogens is 404 g/mol. The molecule has 0 aliphatic heterocycles. The normalized spacial score (nSPS) is 12.9. The molecule has 0 spiro atoms. The molecule has 5 nitrogen and oxygen atoms in total. The molecule has 29 heavy (non-hydrogen) atoms. The summed E-state index contributed by atoms with van der Waals surface area (Å²) in [5.41, 5.74) is -1.08. The van der Waals surface area contributed by atoms with Crippen LogP contribution in [0.2, 0.25) is 5.04 Å². The molecule has 0 heterocycles. The lowest BCUT2D eigenvalue weighted by Gasteiger charge is -2.43. The minimum atomic E-state index is -2.91. The molecule has 0 fully saturated rings. The fraction of sp³-hybridized carbons (Fsp3) is 0.364. The van der Waals surface area contributed by atoms with Crippen LogP contribution in [0, 0.1) is 0 Å². The summed E-state index contributed by atoms with van der Waals surface area (Å²) < 4.78 is 16.3. The molecule has 2 rings (SSSR count). The van der Waals surface area contributed by atoms with Gasteiger partial charge in [0.1, 0.15) is 6.61 Å². The fourth-order valence-electron chi connectivity index (χ4n) is 3.32. The Kier molecular flexibility index (Phi) is 8.07. The van der Waals surface area contributed by atoms with Crippen molar-refractivity contribution in [3.8, 4) is 0 Å². The first-order valence-electron chi connectivity index (χ1n) is 9.43. The summed E-state index contributed by atoms with van der Waals surface area (Å²) in [6.07, 6.45) is -0.0120. The Morgan fingerprint density at radius 2 is 1.45 bits per heavy atom. The van der Waals surface area contributed by atoms with Crippen LogP contribution in [-0.4, -0.2) is 39.4 Å². The average Bonchev–Trinajstić information content (AvgIpc) is 2.71. The van der Waals surface area contributed by atoms with Crippen LogP contribution in [0.3, 0.4) is 0 Å². The summed E-state index contributed by atoms with van der Waals surface area (Å²) in [7, 11) is -1.62. The van der Waals surface area contributed by atoms with Crippen molar-refractivity contribution >= 4 is 43.3 Å². The molecule has 156 valence electrons. The van der Waals surface area contributed by atoms with Crippen LogP contribution in [-0.2, 0) is 23.5 Å². The molecule has 0 amide bonds. The molecule has 0 aliphatic rings. The molecule has 2 aromatic rings. The van der Waals surface area contributed by atoms with Crippen LogP contribution in [0.1, 0.15) is 27.2 Å². The van der Waals surface area contributed by atoms with Crippen molar-refractivity contribution in [2.75, 3.05) is 13.7 Å². The maximum absolute atomic E-state index is 12.5. The van der Waals surface area contributed by atoms with Gasteiger partial charge in [0.25, 0.3) is 8.32 Å². The van der Waals surface area contributed by atoms with Gasteiger partial charge in [-0.15, -0.1) is 12.6 Å². The van der Waals surface area contributed by atoms with Crippen molar-refractivity contribution in [2.45, 2.75) is 37.7 Å². The highest BCUT2D eigenvalue weighted by Crippen LogP contribution is 2.38. The molecule has 0 N–H and O–H groups in total. The molecule has 0 bridgehead atoms. The number of carbonyl (C=O) groups excluding carboxylic acids is 2. The third kappa shape index (κ3) is 5.50. The van der Waals surface area contributed by atoms with Gasteiger partial charge in [-0.3, -0.25) is 4.79 Å². The zero-order valence-corrected chi connectivity index (χ0v) is 19.1. The summed E-state index contributed by atoms with van der Waals surface area (Å²) in [6, 6.07) is 19.9. The number of hydrogen-bond donors (Lipinski definition) is 1. The Bertz CT molecular complexity index is 765. The predicted molar refractivity (Wildman–Crippen MR) is 119 cm³/mol. The third-order valence-corrected chi connectivity index (χ3v) is 10.2. The van der Waals surface area contributed by atoms with Crippen LogP contribution in [0.5, 0.6) is 0 Å². The number of ether oxygens (including phenoxy) is 2. The van der Waals surface area contributed by atoms with Gasteiger partial charge in [0, 0.05) is 0 Å². The Hall–Kier alpha value is -2.09. The monoisotopic (exact) mass is 432 g/mol. The second kappa shape index (κ2) is 10.1. The van der Waals surface area contributed by atoms with Gasteiger partial charge >= 0.3 is 11.9 Å². The molecule has 0 aliphatic carbocycles. The van der Waals surface area contributed by atoms with Gasteiger partial charge in [-0.05, 0) is 15.4 Å². The van der Waals surface area contributed by atoms with Crippen LogP contribution in [0.25, 0.3) is 0 Å². The van der Waals surface area contributed by atoms with Gasteiger partial charge in [-0.25, -0.2) is 4.79 Å². The first-order valence-corrected chi connectivity index (χ1v) is 11.8. The van der Waals surface area contributed by atoms with Crippen LogP contribution in [0.4, 0.5) is 0 Å². The molecule has 0 saturated carbocycles. The van der Waals surface area contributed by atoms with E-state index in [4.69, 9.17) is 9.16 Å². The zero-order valence-electron chi connectivity index (χ0n) is 17.3. The molecule has 2 aromatic carbocycles. The average molecular weight is 433 g/mol. The van der Waals surface area contributed by atoms with E-state index >= 15 is 0 Å². The minimum Gasteiger partial charge on any atom is -0.469 e. The van der Waals surface area contributed by atoms with Gasteiger partial charge < -0.3 is 13.9 Å². The lowest BCUT2D eigenvalue weighted by atomic mass is 10.2. The zero-order chi connectivity index (χ0) is 21.5. The van der Waals surface area contributed by atoms with Gasteiger partial charge in [-0.2, -0.15) is 0 Å². The molecular formula is C22H28O5SSi. The number of esters is 2. The van der Waals surface area contributed by atoms with Gasteiger partial charge in [0.15, 0.2) is 5.44 Å². The number of thiol groups is 1. The van der Waals surface area contributed by atoms with Crippen LogP contribution in [0.15, 0.2) is 60.7 Å². The van der Waals surface area contributed by atoms with E-state index in [1.807, 2.05) is 60.7 Å². The topological polar surface area (TPSA) is 61.8 Å². The van der Waals surface area contributed by atoms with E-state index < -0.39 is 25.7 Å². The van der Waals surface area contributed by atoms with Crippen molar-refractivity contribution in [1.29, 1.82) is 0 Å². The summed E-state index contributed by atoms with van der Waals surface area (Å²) in [4.78, 5) is 23.8. The number of rotatable bonds is 8. The summed E-state index contributed by atoms with van der Waals surface area (Å²) in [5.74, 6) is -1.06. The molecule has 1 atom stereocenters. The maximum Gasteiger partial charge on any atom is 0.344 e. The standard InChI is InChI=1S/C22H28O5SSi/c1-22(2,3)29(17-11-7-5-8-12-17,18-13-9-6-10-14-18)27-21(28)20(24)26-16-15-19(23)25-4/h5-14,21,28H,15-16H2,1-4H3. The largest absolute Gasteiger partial charge is 0.469 e. The first kappa shape index (κ1) is 23.2. The van der Waals surface area contributed by atoms with E-state index in [-0.39, 0.29) is 18.1 Å². The third-order valence-electron chi connectivity index (χ3n) is 4.69. The Balaban J connectivity index is 2.38. The molecule has 0 saturated heterocycles. The highest BCUT2D eigenvalue weighted by molar-refractivity contribution is 7.81. The van der Waals surface area contributed by atoms with Crippen LogP contribution < -0.4 is 10.4 Å². The smallest absolute Gasteiger partial charge is 0.344 e. The fourth-order valence-corrected chi connectivity index (χ4v) is 8.31. The number of hydrogen-bond acceptors (Lipinski definition) is 6. The van der Waals surface area contributed by atoms with Crippen molar-refractivity contribution in [3.05, 3.63) is 60.7 Å². The second-order valence-electron chi connectivity index (χ2n) is 7.63. The first-order chi connectivity index (χ1) is 13.7. The van der Waals surface area contributed by atoms with Gasteiger partial charge in [0.05, 0.1) is 13.5 Å². The Morgan fingerprint density at radius 1 is 0.966 bits per heavy atom. The maximum atomic E-state index is 12.5. The molecule has 0 aromatic heterocycles.